The smallest absolute Gasteiger partial charge is 0.124 e. The lowest BCUT2D eigenvalue weighted by Crippen LogP contribution is -2.23. The van der Waals surface area contributed by atoms with Gasteiger partial charge in [-0.3, -0.25) is 4.98 Å². The molecule has 4 heteroatoms. The number of likely N-dealkylation sites (N-methyl/N-ethyl adjacent to an activating group) is 1. The molecule has 0 aromatic carbocycles. The SMILES string of the molecule is CCNCC1CCCc2sc(-c3ccncc3CC)nc21. The number of rotatable bonds is 5. The maximum absolute atomic E-state index is 5.01. The van der Waals surface area contributed by atoms with Crippen LogP contribution < -0.4 is 5.32 Å². The van der Waals surface area contributed by atoms with Crippen LogP contribution in [0, 0.1) is 0 Å². The molecule has 0 fully saturated rings. The summed E-state index contributed by atoms with van der Waals surface area (Å²) in [5.74, 6) is 0.589. The van der Waals surface area contributed by atoms with E-state index in [0.29, 0.717) is 5.92 Å². The van der Waals surface area contributed by atoms with E-state index in [1.807, 2.05) is 23.7 Å². The van der Waals surface area contributed by atoms with Crippen molar-refractivity contribution in [1.29, 1.82) is 0 Å². The van der Waals surface area contributed by atoms with Crippen LogP contribution in [0.25, 0.3) is 10.6 Å². The van der Waals surface area contributed by atoms with E-state index < -0.39 is 0 Å². The first-order valence-electron chi connectivity index (χ1n) is 7.97. The van der Waals surface area contributed by atoms with Crippen molar-refractivity contribution in [2.45, 2.75) is 45.4 Å². The number of hydrogen-bond donors (Lipinski definition) is 1. The van der Waals surface area contributed by atoms with Crippen molar-refractivity contribution in [2.24, 2.45) is 0 Å². The number of hydrogen-bond acceptors (Lipinski definition) is 4. The first kappa shape index (κ1) is 14.7. The molecule has 0 amide bonds. The Morgan fingerprint density at radius 2 is 2.29 bits per heavy atom. The molecule has 21 heavy (non-hydrogen) atoms. The van der Waals surface area contributed by atoms with Crippen molar-refractivity contribution in [3.8, 4) is 10.6 Å². The number of thiazole rings is 1. The predicted octanol–water partition coefficient (Wildman–Crippen LogP) is 3.80. The first-order valence-corrected chi connectivity index (χ1v) is 8.78. The van der Waals surface area contributed by atoms with Crippen molar-refractivity contribution in [3.05, 3.63) is 34.6 Å². The molecule has 1 N–H and O–H groups in total. The molecule has 0 spiro atoms. The minimum absolute atomic E-state index is 0.589. The van der Waals surface area contributed by atoms with Crippen LogP contribution in [0.5, 0.6) is 0 Å². The molecule has 2 aromatic rings. The lowest BCUT2D eigenvalue weighted by Gasteiger charge is -2.21. The van der Waals surface area contributed by atoms with Gasteiger partial charge in [-0.25, -0.2) is 4.98 Å². The van der Waals surface area contributed by atoms with Crippen molar-refractivity contribution in [3.63, 3.8) is 0 Å². The van der Waals surface area contributed by atoms with Crippen LogP contribution in [0.3, 0.4) is 0 Å². The number of pyridine rings is 1. The van der Waals surface area contributed by atoms with Gasteiger partial charge in [0, 0.05) is 35.3 Å². The van der Waals surface area contributed by atoms with Crippen LogP contribution >= 0.6 is 11.3 Å². The summed E-state index contributed by atoms with van der Waals surface area (Å²) in [6, 6.07) is 2.11. The molecule has 112 valence electrons. The molecule has 0 saturated carbocycles. The fraction of sp³-hybridized carbons (Fsp3) is 0.529. The van der Waals surface area contributed by atoms with Gasteiger partial charge in [-0.05, 0) is 43.9 Å². The highest BCUT2D eigenvalue weighted by atomic mass is 32.1. The molecular formula is C17H23N3S. The Bertz CT molecular complexity index is 606. The van der Waals surface area contributed by atoms with E-state index in [1.165, 1.54) is 46.0 Å². The monoisotopic (exact) mass is 301 g/mol. The molecule has 3 nitrogen and oxygen atoms in total. The summed E-state index contributed by atoms with van der Waals surface area (Å²) in [6.45, 7) is 6.44. The third kappa shape index (κ3) is 3.01. The second-order valence-electron chi connectivity index (χ2n) is 5.61. The standard InChI is InChI=1S/C17H23N3S/c1-3-12-10-19-9-8-14(12)17-20-16-13(11-18-4-2)6-5-7-15(16)21-17/h8-10,13,18H,3-7,11H2,1-2H3. The molecule has 0 bridgehead atoms. The average Bonchev–Trinajstić information content (AvgIpc) is 2.97. The van der Waals surface area contributed by atoms with E-state index in [1.54, 1.807) is 0 Å². The summed E-state index contributed by atoms with van der Waals surface area (Å²) in [5, 5.41) is 4.67. The molecule has 1 unspecified atom stereocenters. The molecule has 0 radical (unpaired) electrons. The summed E-state index contributed by atoms with van der Waals surface area (Å²) in [6.07, 6.45) is 8.62. The molecule has 3 rings (SSSR count). The zero-order valence-corrected chi connectivity index (χ0v) is 13.7. The zero-order chi connectivity index (χ0) is 14.7. The number of aromatic nitrogens is 2. The van der Waals surface area contributed by atoms with E-state index >= 15 is 0 Å². The normalized spacial score (nSPS) is 17.7. The van der Waals surface area contributed by atoms with Gasteiger partial charge < -0.3 is 5.32 Å². The molecule has 0 aliphatic heterocycles. The minimum atomic E-state index is 0.589. The highest BCUT2D eigenvalue weighted by Gasteiger charge is 2.25. The van der Waals surface area contributed by atoms with Gasteiger partial charge >= 0.3 is 0 Å². The van der Waals surface area contributed by atoms with Gasteiger partial charge in [0.1, 0.15) is 5.01 Å². The number of nitrogens with zero attached hydrogens (tertiary/aromatic N) is 2. The number of nitrogens with one attached hydrogen (secondary N) is 1. The van der Waals surface area contributed by atoms with Crippen molar-refractivity contribution >= 4 is 11.3 Å². The molecule has 1 aliphatic rings. The fourth-order valence-electron chi connectivity index (χ4n) is 3.06. The minimum Gasteiger partial charge on any atom is -0.316 e. The topological polar surface area (TPSA) is 37.8 Å². The van der Waals surface area contributed by atoms with E-state index in [4.69, 9.17) is 4.98 Å². The van der Waals surface area contributed by atoms with E-state index in [2.05, 4.69) is 30.2 Å². The van der Waals surface area contributed by atoms with Crippen LogP contribution in [0.1, 0.15) is 48.7 Å². The van der Waals surface area contributed by atoms with Gasteiger partial charge in [-0.2, -0.15) is 0 Å². The lowest BCUT2D eigenvalue weighted by molar-refractivity contribution is 0.509. The molecule has 2 aromatic heterocycles. The van der Waals surface area contributed by atoms with Crippen LogP contribution in [-0.2, 0) is 12.8 Å². The van der Waals surface area contributed by atoms with Gasteiger partial charge in [0.2, 0.25) is 0 Å². The van der Waals surface area contributed by atoms with Gasteiger partial charge in [0.25, 0.3) is 0 Å². The third-order valence-corrected chi connectivity index (χ3v) is 5.39. The van der Waals surface area contributed by atoms with Crippen LogP contribution in [0.4, 0.5) is 0 Å². The number of fused-ring (bicyclic) bond motifs is 1. The second-order valence-corrected chi connectivity index (χ2v) is 6.69. The van der Waals surface area contributed by atoms with Gasteiger partial charge in [-0.15, -0.1) is 11.3 Å². The Kier molecular flexibility index (Phi) is 4.66. The highest BCUT2D eigenvalue weighted by Crippen LogP contribution is 2.38. The van der Waals surface area contributed by atoms with E-state index in [0.717, 1.165) is 19.5 Å². The Morgan fingerprint density at radius 3 is 3.10 bits per heavy atom. The molecule has 1 atom stereocenters. The highest BCUT2D eigenvalue weighted by molar-refractivity contribution is 7.15. The van der Waals surface area contributed by atoms with Gasteiger partial charge in [0.15, 0.2) is 0 Å². The molecule has 1 aliphatic carbocycles. The molecule has 2 heterocycles. The Hall–Kier alpha value is -1.26. The van der Waals surface area contributed by atoms with Crippen LogP contribution in [0.15, 0.2) is 18.5 Å². The summed E-state index contributed by atoms with van der Waals surface area (Å²) < 4.78 is 0. The Morgan fingerprint density at radius 1 is 1.38 bits per heavy atom. The Balaban J connectivity index is 1.94. The van der Waals surface area contributed by atoms with Crippen LogP contribution in [0.2, 0.25) is 0 Å². The predicted molar refractivity (Wildman–Crippen MR) is 88.9 cm³/mol. The van der Waals surface area contributed by atoms with E-state index in [-0.39, 0.29) is 0 Å². The van der Waals surface area contributed by atoms with Crippen LogP contribution in [-0.4, -0.2) is 23.1 Å². The summed E-state index contributed by atoms with van der Waals surface area (Å²) >= 11 is 1.89. The van der Waals surface area contributed by atoms with Crippen molar-refractivity contribution in [1.82, 2.24) is 15.3 Å². The van der Waals surface area contributed by atoms with E-state index in [9.17, 15) is 0 Å². The Labute approximate surface area is 130 Å². The maximum Gasteiger partial charge on any atom is 0.124 e. The maximum atomic E-state index is 5.01. The summed E-state index contributed by atoms with van der Waals surface area (Å²) in [7, 11) is 0. The quantitative estimate of drug-likeness (QED) is 0.913. The molecular weight excluding hydrogens is 278 g/mol. The van der Waals surface area contributed by atoms with Gasteiger partial charge in [0.05, 0.1) is 5.69 Å². The summed E-state index contributed by atoms with van der Waals surface area (Å²) in [5.41, 5.74) is 3.92. The zero-order valence-electron chi connectivity index (χ0n) is 12.9. The molecule has 0 saturated heterocycles. The summed E-state index contributed by atoms with van der Waals surface area (Å²) in [4.78, 5) is 10.8. The first-order chi connectivity index (χ1) is 10.3. The lowest BCUT2D eigenvalue weighted by atomic mass is 9.91. The van der Waals surface area contributed by atoms with Crippen molar-refractivity contribution in [2.75, 3.05) is 13.1 Å². The van der Waals surface area contributed by atoms with Crippen molar-refractivity contribution < 1.29 is 0 Å². The average molecular weight is 301 g/mol. The fourth-order valence-corrected chi connectivity index (χ4v) is 4.31. The third-order valence-electron chi connectivity index (χ3n) is 4.23. The second kappa shape index (κ2) is 6.67. The largest absolute Gasteiger partial charge is 0.316 e. The van der Waals surface area contributed by atoms with Gasteiger partial charge in [-0.1, -0.05) is 13.8 Å². The number of aryl methyl sites for hydroxylation is 2.